The van der Waals surface area contributed by atoms with Gasteiger partial charge in [0.2, 0.25) is 0 Å². The van der Waals surface area contributed by atoms with Gasteiger partial charge in [-0.05, 0) is 43.5 Å². The Labute approximate surface area is 190 Å². The third-order valence-corrected chi connectivity index (χ3v) is 6.08. The first-order valence-corrected chi connectivity index (χ1v) is 11.7. The van der Waals surface area contributed by atoms with Crippen LogP contribution in [-0.4, -0.2) is 51.2 Å². The minimum atomic E-state index is -0.0141. The molecule has 172 valence electrons. The largest absolute Gasteiger partial charge is 0.493 e. The Hall–Kier alpha value is -2.64. The van der Waals surface area contributed by atoms with E-state index in [4.69, 9.17) is 9.47 Å². The number of rotatable bonds is 9. The molecule has 3 aromatic rings. The molecule has 7 heteroatoms. The highest BCUT2D eigenvalue weighted by atomic mass is 16.5. The third kappa shape index (κ3) is 5.58. The molecule has 0 radical (unpaired) electrons. The average molecular weight is 438 g/mol. The van der Waals surface area contributed by atoms with Crippen molar-refractivity contribution in [1.82, 2.24) is 24.9 Å². The number of benzene rings is 1. The van der Waals surface area contributed by atoms with E-state index in [1.54, 1.807) is 0 Å². The number of aryl methyl sites for hydroxylation is 2. The monoisotopic (exact) mass is 437 g/mol. The number of aromatic nitrogens is 4. The van der Waals surface area contributed by atoms with Crippen LogP contribution in [0.3, 0.4) is 0 Å². The van der Waals surface area contributed by atoms with Gasteiger partial charge in [0.25, 0.3) is 0 Å². The number of hydrogen-bond acceptors (Lipinski definition) is 5. The maximum atomic E-state index is 6.03. The Morgan fingerprint density at radius 1 is 1.25 bits per heavy atom. The van der Waals surface area contributed by atoms with Crippen molar-refractivity contribution in [2.24, 2.45) is 0 Å². The van der Waals surface area contributed by atoms with Crippen LogP contribution in [0.2, 0.25) is 0 Å². The zero-order valence-electron chi connectivity index (χ0n) is 19.7. The number of H-pyrrole nitrogens is 1. The van der Waals surface area contributed by atoms with E-state index in [0.717, 1.165) is 55.4 Å². The zero-order valence-corrected chi connectivity index (χ0v) is 19.7. The highest BCUT2D eigenvalue weighted by molar-refractivity contribution is 5.29. The summed E-state index contributed by atoms with van der Waals surface area (Å²) in [6.07, 6.45) is 2.92. The molecule has 0 aliphatic carbocycles. The van der Waals surface area contributed by atoms with Gasteiger partial charge in [-0.25, -0.2) is 0 Å². The molecule has 0 spiro atoms. The van der Waals surface area contributed by atoms with Gasteiger partial charge in [0, 0.05) is 50.1 Å². The Morgan fingerprint density at radius 3 is 2.78 bits per heavy atom. The molecule has 1 fully saturated rings. The standard InChI is InChI=1S/C25H35N5O2/c1-5-30-16-21(19(4)28-30)15-29-11-13-32-25(17-29)24-14-22(26-27-24)10-12-31-23-8-6-20(7-9-23)18(2)3/h6-9,14,16,18,25H,5,10-13,15,17H2,1-4H3,(H,26,27)/t25-/m0/s1. The van der Waals surface area contributed by atoms with Gasteiger partial charge in [-0.1, -0.05) is 26.0 Å². The van der Waals surface area contributed by atoms with Crippen molar-refractivity contribution in [3.63, 3.8) is 0 Å². The van der Waals surface area contributed by atoms with Crippen molar-refractivity contribution in [2.75, 3.05) is 26.3 Å². The van der Waals surface area contributed by atoms with E-state index in [-0.39, 0.29) is 6.10 Å². The zero-order chi connectivity index (χ0) is 22.5. The summed E-state index contributed by atoms with van der Waals surface area (Å²) in [6, 6.07) is 10.5. The lowest BCUT2D eigenvalue weighted by Crippen LogP contribution is -2.38. The van der Waals surface area contributed by atoms with Crippen LogP contribution in [0.15, 0.2) is 36.5 Å². The molecule has 3 heterocycles. The van der Waals surface area contributed by atoms with Gasteiger partial charge >= 0.3 is 0 Å². The summed E-state index contributed by atoms with van der Waals surface area (Å²) in [5, 5.41) is 12.2. The molecule has 4 rings (SSSR count). The van der Waals surface area contributed by atoms with E-state index in [1.807, 2.05) is 16.8 Å². The van der Waals surface area contributed by atoms with Gasteiger partial charge in [0.1, 0.15) is 11.9 Å². The van der Waals surface area contributed by atoms with Crippen molar-refractivity contribution < 1.29 is 9.47 Å². The van der Waals surface area contributed by atoms with E-state index in [0.29, 0.717) is 19.1 Å². The fourth-order valence-electron chi connectivity index (χ4n) is 4.04. The maximum Gasteiger partial charge on any atom is 0.119 e. The summed E-state index contributed by atoms with van der Waals surface area (Å²) in [5.41, 5.74) is 5.75. The molecule has 0 amide bonds. The molecular formula is C25H35N5O2. The highest BCUT2D eigenvalue weighted by Crippen LogP contribution is 2.23. The number of ether oxygens (including phenoxy) is 2. The fraction of sp³-hybridized carbons (Fsp3) is 0.520. The molecule has 1 atom stereocenters. The quantitative estimate of drug-likeness (QED) is 0.542. The van der Waals surface area contributed by atoms with E-state index < -0.39 is 0 Å². The molecule has 7 nitrogen and oxygen atoms in total. The van der Waals surface area contributed by atoms with Crippen molar-refractivity contribution in [1.29, 1.82) is 0 Å². The second-order valence-corrected chi connectivity index (χ2v) is 8.83. The molecule has 32 heavy (non-hydrogen) atoms. The second kappa shape index (κ2) is 10.3. The molecule has 1 aliphatic rings. The summed E-state index contributed by atoms with van der Waals surface area (Å²) in [4.78, 5) is 2.43. The first kappa shape index (κ1) is 22.6. The number of hydrogen-bond donors (Lipinski definition) is 1. The molecule has 1 aliphatic heterocycles. The SMILES string of the molecule is CCn1cc(CN2CCO[C@H](c3cc(CCOc4ccc(C(C)C)cc4)[nH]n3)C2)c(C)n1. The molecule has 1 saturated heterocycles. The molecule has 0 bridgehead atoms. The van der Waals surface area contributed by atoms with E-state index in [1.165, 1.54) is 11.1 Å². The normalized spacial score (nSPS) is 17.2. The van der Waals surface area contributed by atoms with Crippen LogP contribution in [0, 0.1) is 6.92 Å². The summed E-state index contributed by atoms with van der Waals surface area (Å²) < 4.78 is 13.9. The number of nitrogens with zero attached hydrogens (tertiary/aromatic N) is 4. The lowest BCUT2D eigenvalue weighted by molar-refractivity contribution is -0.0350. The molecule has 0 saturated carbocycles. The molecule has 0 unspecified atom stereocenters. The van der Waals surface area contributed by atoms with Crippen LogP contribution in [-0.2, 0) is 24.2 Å². The molecule has 1 N–H and O–H groups in total. The van der Waals surface area contributed by atoms with Gasteiger partial charge in [-0.15, -0.1) is 0 Å². The summed E-state index contributed by atoms with van der Waals surface area (Å²) in [5.74, 6) is 1.44. The number of aromatic amines is 1. The van der Waals surface area contributed by atoms with E-state index in [9.17, 15) is 0 Å². The van der Waals surface area contributed by atoms with E-state index >= 15 is 0 Å². The lowest BCUT2D eigenvalue weighted by Gasteiger charge is -2.31. The Balaban J connectivity index is 1.28. The number of nitrogens with one attached hydrogen (secondary N) is 1. The van der Waals surface area contributed by atoms with Gasteiger partial charge in [0.15, 0.2) is 0 Å². The van der Waals surface area contributed by atoms with E-state index in [2.05, 4.69) is 72.3 Å². The van der Waals surface area contributed by atoms with Gasteiger partial charge in [-0.3, -0.25) is 14.7 Å². The van der Waals surface area contributed by atoms with Gasteiger partial charge in [-0.2, -0.15) is 10.2 Å². The van der Waals surface area contributed by atoms with Crippen LogP contribution >= 0.6 is 0 Å². The fourth-order valence-corrected chi connectivity index (χ4v) is 4.04. The van der Waals surface area contributed by atoms with Gasteiger partial charge < -0.3 is 9.47 Å². The van der Waals surface area contributed by atoms with Crippen molar-refractivity contribution in [3.8, 4) is 5.75 Å². The highest BCUT2D eigenvalue weighted by Gasteiger charge is 2.25. The summed E-state index contributed by atoms with van der Waals surface area (Å²) in [7, 11) is 0. The molecular weight excluding hydrogens is 402 g/mol. The molecule has 2 aromatic heterocycles. The third-order valence-electron chi connectivity index (χ3n) is 6.08. The predicted octanol–water partition coefficient (Wildman–Crippen LogP) is 4.25. The van der Waals surface area contributed by atoms with Crippen molar-refractivity contribution in [3.05, 3.63) is 64.7 Å². The maximum absolute atomic E-state index is 6.03. The van der Waals surface area contributed by atoms with Crippen molar-refractivity contribution >= 4 is 0 Å². The Morgan fingerprint density at radius 2 is 2.06 bits per heavy atom. The van der Waals surface area contributed by atoms with Crippen LogP contribution in [0.25, 0.3) is 0 Å². The predicted molar refractivity (Wildman–Crippen MR) is 125 cm³/mol. The van der Waals surface area contributed by atoms with Gasteiger partial charge in [0.05, 0.1) is 24.6 Å². The average Bonchev–Trinajstić information content (AvgIpc) is 3.41. The van der Waals surface area contributed by atoms with Crippen molar-refractivity contribution in [2.45, 2.75) is 59.2 Å². The smallest absolute Gasteiger partial charge is 0.119 e. The van der Waals surface area contributed by atoms with Crippen LogP contribution in [0.5, 0.6) is 5.75 Å². The van der Waals surface area contributed by atoms with Crippen LogP contribution in [0.4, 0.5) is 0 Å². The minimum absolute atomic E-state index is 0.0141. The Kier molecular flexibility index (Phi) is 7.27. The number of morpholine rings is 1. The second-order valence-electron chi connectivity index (χ2n) is 8.83. The summed E-state index contributed by atoms with van der Waals surface area (Å²) in [6.45, 7) is 13.5. The van der Waals surface area contributed by atoms with Crippen LogP contribution < -0.4 is 4.74 Å². The lowest BCUT2D eigenvalue weighted by atomic mass is 10.0. The minimum Gasteiger partial charge on any atom is -0.493 e. The topological polar surface area (TPSA) is 68.2 Å². The van der Waals surface area contributed by atoms with Crippen LogP contribution in [0.1, 0.15) is 61.0 Å². The Bertz CT molecular complexity index is 992. The first-order valence-electron chi connectivity index (χ1n) is 11.7. The summed E-state index contributed by atoms with van der Waals surface area (Å²) >= 11 is 0. The molecule has 1 aromatic carbocycles. The first-order chi connectivity index (χ1) is 15.5.